The highest BCUT2D eigenvalue weighted by Crippen LogP contribution is 2.34. The second-order valence-electron chi connectivity index (χ2n) is 6.39. The lowest BCUT2D eigenvalue weighted by molar-refractivity contribution is 0.336. The van der Waals surface area contributed by atoms with E-state index >= 15 is 0 Å². The molecule has 1 aromatic heterocycles. The number of nitrogens with zero attached hydrogens (tertiary/aromatic N) is 2. The van der Waals surface area contributed by atoms with Crippen LogP contribution in [0.1, 0.15) is 55.7 Å². The summed E-state index contributed by atoms with van der Waals surface area (Å²) in [5, 5.41) is 4.09. The number of rotatable bonds is 6. The molecule has 0 amide bonds. The number of aromatic nitrogens is 1. The standard InChI is InChI=1S/C17H23N3O3S/c1-13(2)17-11-15(19-23-17)16-9-6-10-20(16)24(21,22)18-12-14-7-4-3-5-8-14/h3-5,7-8,11,13,16,18H,6,9-10,12H2,1-2H3. The summed E-state index contributed by atoms with van der Waals surface area (Å²) in [5.74, 6) is 1.01. The molecule has 24 heavy (non-hydrogen) atoms. The molecule has 1 aliphatic heterocycles. The summed E-state index contributed by atoms with van der Waals surface area (Å²) in [6.45, 7) is 4.82. The number of nitrogens with one attached hydrogen (secondary N) is 1. The first-order chi connectivity index (χ1) is 11.5. The molecule has 0 aliphatic carbocycles. The van der Waals surface area contributed by atoms with Crippen molar-refractivity contribution in [3.63, 3.8) is 0 Å². The zero-order valence-electron chi connectivity index (χ0n) is 14.0. The Bertz CT molecular complexity index is 771. The molecule has 7 heteroatoms. The molecule has 0 radical (unpaired) electrons. The van der Waals surface area contributed by atoms with Gasteiger partial charge in [0.05, 0.1) is 6.04 Å². The third kappa shape index (κ3) is 3.68. The topological polar surface area (TPSA) is 75.4 Å². The summed E-state index contributed by atoms with van der Waals surface area (Å²) in [6, 6.07) is 11.1. The van der Waals surface area contributed by atoms with Crippen LogP contribution in [0.2, 0.25) is 0 Å². The van der Waals surface area contributed by atoms with E-state index in [1.54, 1.807) is 0 Å². The van der Waals surface area contributed by atoms with E-state index in [0.29, 0.717) is 12.2 Å². The van der Waals surface area contributed by atoms with Gasteiger partial charge in [-0.2, -0.15) is 17.4 Å². The minimum atomic E-state index is -3.56. The molecular weight excluding hydrogens is 326 g/mol. The molecular formula is C17H23N3O3S. The average molecular weight is 349 g/mol. The van der Waals surface area contributed by atoms with Gasteiger partial charge in [-0.15, -0.1) is 0 Å². The van der Waals surface area contributed by atoms with Crippen LogP contribution in [0.3, 0.4) is 0 Å². The van der Waals surface area contributed by atoms with Crippen molar-refractivity contribution < 1.29 is 12.9 Å². The summed E-state index contributed by atoms with van der Waals surface area (Å²) in [5.41, 5.74) is 1.63. The van der Waals surface area contributed by atoms with Crippen molar-refractivity contribution >= 4 is 10.2 Å². The number of hydrogen-bond acceptors (Lipinski definition) is 4. The van der Waals surface area contributed by atoms with Crippen molar-refractivity contribution in [1.82, 2.24) is 14.2 Å². The van der Waals surface area contributed by atoms with Crippen LogP contribution in [0.4, 0.5) is 0 Å². The molecule has 1 atom stereocenters. The normalized spacial score (nSPS) is 19.2. The Morgan fingerprint density at radius 3 is 2.75 bits per heavy atom. The Kier molecular flexibility index (Phi) is 5.03. The lowest BCUT2D eigenvalue weighted by atomic mass is 10.1. The predicted octanol–water partition coefficient (Wildman–Crippen LogP) is 2.97. The maximum Gasteiger partial charge on any atom is 0.280 e. The Labute approximate surface area is 143 Å². The van der Waals surface area contributed by atoms with Gasteiger partial charge in [0, 0.05) is 25.1 Å². The van der Waals surface area contributed by atoms with Gasteiger partial charge in [-0.1, -0.05) is 49.3 Å². The van der Waals surface area contributed by atoms with Gasteiger partial charge in [0.2, 0.25) is 0 Å². The first-order valence-corrected chi connectivity index (χ1v) is 9.68. The summed E-state index contributed by atoms with van der Waals surface area (Å²) in [4.78, 5) is 0. The second-order valence-corrected chi connectivity index (χ2v) is 8.10. The van der Waals surface area contributed by atoms with E-state index in [1.807, 2.05) is 50.2 Å². The van der Waals surface area contributed by atoms with Crippen LogP contribution >= 0.6 is 0 Å². The minimum Gasteiger partial charge on any atom is -0.361 e. The highest BCUT2D eigenvalue weighted by molar-refractivity contribution is 7.87. The van der Waals surface area contributed by atoms with E-state index in [2.05, 4.69) is 9.88 Å². The van der Waals surface area contributed by atoms with Gasteiger partial charge in [-0.25, -0.2) is 0 Å². The van der Waals surface area contributed by atoms with Crippen molar-refractivity contribution in [2.75, 3.05) is 6.54 Å². The first-order valence-electron chi connectivity index (χ1n) is 8.24. The SMILES string of the molecule is CC(C)c1cc(C2CCCN2S(=O)(=O)NCc2ccccc2)no1. The van der Waals surface area contributed by atoms with Crippen molar-refractivity contribution in [3.8, 4) is 0 Å². The highest BCUT2D eigenvalue weighted by Gasteiger charge is 2.36. The Balaban J connectivity index is 1.73. The van der Waals surface area contributed by atoms with Crippen molar-refractivity contribution in [3.05, 3.63) is 53.4 Å². The molecule has 0 bridgehead atoms. The van der Waals surface area contributed by atoms with Gasteiger partial charge in [0.15, 0.2) is 0 Å². The minimum absolute atomic E-state index is 0.230. The fourth-order valence-corrected chi connectivity index (χ4v) is 4.34. The summed E-state index contributed by atoms with van der Waals surface area (Å²) in [6.07, 6.45) is 1.58. The van der Waals surface area contributed by atoms with Crippen LogP contribution in [0.25, 0.3) is 0 Å². The highest BCUT2D eigenvalue weighted by atomic mass is 32.2. The van der Waals surface area contributed by atoms with Crippen LogP contribution in [0.15, 0.2) is 40.9 Å². The van der Waals surface area contributed by atoms with Crippen molar-refractivity contribution in [1.29, 1.82) is 0 Å². The van der Waals surface area contributed by atoms with E-state index in [1.165, 1.54) is 4.31 Å². The van der Waals surface area contributed by atoms with E-state index in [0.717, 1.165) is 24.2 Å². The van der Waals surface area contributed by atoms with Crippen LogP contribution in [-0.2, 0) is 16.8 Å². The first kappa shape index (κ1) is 17.1. The molecule has 1 aromatic carbocycles. The van der Waals surface area contributed by atoms with Crippen LogP contribution in [0, 0.1) is 0 Å². The summed E-state index contributed by atoms with van der Waals surface area (Å²) in [7, 11) is -3.56. The molecule has 1 N–H and O–H groups in total. The van der Waals surface area contributed by atoms with E-state index in [-0.39, 0.29) is 18.5 Å². The monoisotopic (exact) mass is 349 g/mol. The van der Waals surface area contributed by atoms with Crippen LogP contribution in [0.5, 0.6) is 0 Å². The lowest BCUT2D eigenvalue weighted by Crippen LogP contribution is -2.40. The fourth-order valence-electron chi connectivity index (χ4n) is 2.91. The lowest BCUT2D eigenvalue weighted by Gasteiger charge is -2.22. The largest absolute Gasteiger partial charge is 0.361 e. The maximum atomic E-state index is 12.7. The van der Waals surface area contributed by atoms with E-state index in [4.69, 9.17) is 4.52 Å². The predicted molar refractivity (Wildman–Crippen MR) is 91.5 cm³/mol. The van der Waals surface area contributed by atoms with Gasteiger partial charge in [-0.05, 0) is 18.4 Å². The van der Waals surface area contributed by atoms with Gasteiger partial charge in [0.1, 0.15) is 11.5 Å². The molecule has 1 fully saturated rings. The van der Waals surface area contributed by atoms with Gasteiger partial charge < -0.3 is 4.52 Å². The fraction of sp³-hybridized carbons (Fsp3) is 0.471. The molecule has 0 saturated carbocycles. The number of hydrogen-bond donors (Lipinski definition) is 1. The molecule has 1 unspecified atom stereocenters. The van der Waals surface area contributed by atoms with Crippen LogP contribution < -0.4 is 4.72 Å². The average Bonchev–Trinajstić information content (AvgIpc) is 3.23. The quantitative estimate of drug-likeness (QED) is 0.870. The van der Waals surface area contributed by atoms with Crippen molar-refractivity contribution in [2.24, 2.45) is 0 Å². The Morgan fingerprint density at radius 1 is 1.33 bits per heavy atom. The summed E-state index contributed by atoms with van der Waals surface area (Å²) >= 11 is 0. The molecule has 1 aliphatic rings. The zero-order valence-corrected chi connectivity index (χ0v) is 14.8. The van der Waals surface area contributed by atoms with Gasteiger partial charge in [-0.3, -0.25) is 0 Å². The molecule has 3 rings (SSSR count). The molecule has 130 valence electrons. The van der Waals surface area contributed by atoms with Gasteiger partial charge in [0.25, 0.3) is 10.2 Å². The zero-order chi connectivity index (χ0) is 17.2. The van der Waals surface area contributed by atoms with E-state index in [9.17, 15) is 8.42 Å². The summed E-state index contributed by atoms with van der Waals surface area (Å²) < 4.78 is 34.9. The third-order valence-corrected chi connectivity index (χ3v) is 5.83. The third-order valence-electron chi connectivity index (χ3n) is 4.27. The van der Waals surface area contributed by atoms with Crippen LogP contribution in [-0.4, -0.2) is 24.4 Å². The van der Waals surface area contributed by atoms with Gasteiger partial charge >= 0.3 is 0 Å². The Hall–Kier alpha value is -1.70. The second kappa shape index (κ2) is 7.04. The number of benzene rings is 1. The maximum absolute atomic E-state index is 12.7. The smallest absolute Gasteiger partial charge is 0.280 e. The Morgan fingerprint density at radius 2 is 2.08 bits per heavy atom. The van der Waals surface area contributed by atoms with E-state index < -0.39 is 10.2 Å². The molecule has 2 heterocycles. The molecule has 1 saturated heterocycles. The molecule has 6 nitrogen and oxygen atoms in total. The molecule has 2 aromatic rings. The van der Waals surface area contributed by atoms with Crippen molar-refractivity contribution in [2.45, 2.75) is 45.2 Å². The molecule has 0 spiro atoms.